The van der Waals surface area contributed by atoms with Crippen molar-refractivity contribution < 1.29 is 36.6 Å². The van der Waals surface area contributed by atoms with Crippen molar-refractivity contribution in [2.24, 2.45) is 9.98 Å². The van der Waals surface area contributed by atoms with Crippen LogP contribution in [0, 0.1) is 5.82 Å². The highest BCUT2D eigenvalue weighted by Gasteiger charge is 2.35. The molecule has 186 valence electrons. The quantitative estimate of drug-likeness (QED) is 0.635. The molecule has 8 nitrogen and oxygen atoms in total. The van der Waals surface area contributed by atoms with Crippen LogP contribution >= 0.6 is 0 Å². The average molecular weight is 502 g/mol. The molecule has 0 unspecified atom stereocenters. The van der Waals surface area contributed by atoms with Crippen LogP contribution in [-0.4, -0.2) is 48.3 Å². The Bertz CT molecular complexity index is 1350. The molecule has 2 amide bonds. The summed E-state index contributed by atoms with van der Waals surface area (Å²) in [6.45, 7) is 0.335. The molecule has 0 saturated heterocycles. The molecule has 5 rings (SSSR count). The number of ether oxygens (including phenoxy) is 2. The number of aliphatic imine (C=N–C) groups is 2. The van der Waals surface area contributed by atoms with Crippen LogP contribution in [0.15, 0.2) is 58.2 Å². The van der Waals surface area contributed by atoms with E-state index in [1.165, 1.54) is 23.1 Å². The first-order valence-corrected chi connectivity index (χ1v) is 10.9. The SMILES string of the molecule is O=C(NC1=NCC2=CN(C(=O)c3cc(F)cc4c3OCOC4)CCC2=N1)c1ccccc1C(F)(F)F. The number of benzene rings is 2. The number of rotatable bonds is 2. The summed E-state index contributed by atoms with van der Waals surface area (Å²) in [5.41, 5.74) is 0.0410. The highest BCUT2D eigenvalue weighted by Crippen LogP contribution is 2.33. The summed E-state index contributed by atoms with van der Waals surface area (Å²) < 4.78 is 64.4. The van der Waals surface area contributed by atoms with Gasteiger partial charge in [-0.15, -0.1) is 0 Å². The van der Waals surface area contributed by atoms with Gasteiger partial charge in [0.15, 0.2) is 6.79 Å². The molecule has 0 saturated carbocycles. The number of nitrogens with one attached hydrogen (secondary N) is 1. The third-order valence-electron chi connectivity index (χ3n) is 5.78. The zero-order chi connectivity index (χ0) is 25.4. The Balaban J connectivity index is 1.33. The summed E-state index contributed by atoms with van der Waals surface area (Å²) in [6.07, 6.45) is -2.85. The second-order valence-electron chi connectivity index (χ2n) is 8.15. The van der Waals surface area contributed by atoms with Crippen molar-refractivity contribution >= 4 is 23.5 Å². The molecule has 2 aromatic carbocycles. The number of nitrogens with zero attached hydrogens (tertiary/aromatic N) is 3. The van der Waals surface area contributed by atoms with E-state index in [9.17, 15) is 27.2 Å². The fourth-order valence-electron chi connectivity index (χ4n) is 4.12. The number of carbonyl (C=O) groups is 2. The summed E-state index contributed by atoms with van der Waals surface area (Å²) in [4.78, 5) is 35.4. The fourth-order valence-corrected chi connectivity index (χ4v) is 4.12. The summed E-state index contributed by atoms with van der Waals surface area (Å²) in [5, 5.41) is 2.33. The van der Waals surface area contributed by atoms with Crippen molar-refractivity contribution in [1.29, 1.82) is 0 Å². The van der Waals surface area contributed by atoms with E-state index < -0.39 is 34.9 Å². The molecule has 3 aliphatic rings. The van der Waals surface area contributed by atoms with Crippen LogP contribution in [0.3, 0.4) is 0 Å². The Hall–Kier alpha value is -4.06. The van der Waals surface area contributed by atoms with Gasteiger partial charge in [0.25, 0.3) is 11.8 Å². The lowest BCUT2D eigenvalue weighted by Gasteiger charge is -2.29. The van der Waals surface area contributed by atoms with E-state index in [-0.39, 0.29) is 43.8 Å². The van der Waals surface area contributed by atoms with Crippen molar-refractivity contribution in [2.45, 2.75) is 19.2 Å². The Kier molecular flexibility index (Phi) is 6.04. The van der Waals surface area contributed by atoms with Crippen LogP contribution < -0.4 is 10.1 Å². The van der Waals surface area contributed by atoms with E-state index in [4.69, 9.17) is 9.47 Å². The maximum atomic E-state index is 14.1. The molecule has 0 aromatic heterocycles. The summed E-state index contributed by atoms with van der Waals surface area (Å²) in [6, 6.07) is 6.79. The molecule has 0 aliphatic carbocycles. The first-order valence-electron chi connectivity index (χ1n) is 10.9. The van der Waals surface area contributed by atoms with Crippen LogP contribution in [0.1, 0.15) is 38.3 Å². The van der Waals surface area contributed by atoms with Crippen molar-refractivity contribution in [3.63, 3.8) is 0 Å². The molecule has 2 aromatic rings. The molecule has 3 heterocycles. The van der Waals surface area contributed by atoms with Crippen LogP contribution in [0.2, 0.25) is 0 Å². The standard InChI is InChI=1S/C24H18F4N4O4/c25-15-7-13-11-35-12-36-20(13)17(8-15)22(34)32-6-5-19-14(10-32)9-29-23(30-19)31-21(33)16-3-1-2-4-18(16)24(26,27)28/h1-4,7-8,10H,5-6,9,11-12H2,(H,29,31,33). The van der Waals surface area contributed by atoms with Crippen LogP contribution in [0.5, 0.6) is 5.75 Å². The monoisotopic (exact) mass is 502 g/mol. The minimum Gasteiger partial charge on any atom is -0.466 e. The Labute approximate surface area is 201 Å². The minimum atomic E-state index is -4.69. The molecular weight excluding hydrogens is 484 g/mol. The molecular formula is C24H18F4N4O4. The number of alkyl halides is 3. The highest BCUT2D eigenvalue weighted by atomic mass is 19.4. The van der Waals surface area contributed by atoms with E-state index in [2.05, 4.69) is 15.3 Å². The average Bonchev–Trinajstić information content (AvgIpc) is 2.87. The second-order valence-corrected chi connectivity index (χ2v) is 8.15. The minimum absolute atomic E-state index is 0.0464. The molecule has 0 atom stereocenters. The lowest BCUT2D eigenvalue weighted by atomic mass is 10.0. The Morgan fingerprint density at radius 2 is 1.92 bits per heavy atom. The zero-order valence-electron chi connectivity index (χ0n) is 18.6. The largest absolute Gasteiger partial charge is 0.466 e. The van der Waals surface area contributed by atoms with Gasteiger partial charge in [-0.2, -0.15) is 13.2 Å². The summed E-state index contributed by atoms with van der Waals surface area (Å²) >= 11 is 0. The third-order valence-corrected chi connectivity index (χ3v) is 5.78. The number of halogens is 4. The highest BCUT2D eigenvalue weighted by molar-refractivity contribution is 6.15. The van der Waals surface area contributed by atoms with Gasteiger partial charge in [0.2, 0.25) is 5.96 Å². The Morgan fingerprint density at radius 1 is 1.11 bits per heavy atom. The molecule has 0 fully saturated rings. The van der Waals surface area contributed by atoms with Crippen molar-refractivity contribution in [2.75, 3.05) is 19.9 Å². The molecule has 0 radical (unpaired) electrons. The van der Waals surface area contributed by atoms with Gasteiger partial charge in [-0.3, -0.25) is 14.9 Å². The summed E-state index contributed by atoms with van der Waals surface area (Å²) in [7, 11) is 0. The number of amides is 2. The van der Waals surface area contributed by atoms with E-state index in [0.29, 0.717) is 23.3 Å². The number of hydrogen-bond acceptors (Lipinski definition) is 6. The fraction of sp³-hybridized carbons (Fsp3) is 0.250. The van der Waals surface area contributed by atoms with Gasteiger partial charge in [-0.05, 0) is 24.3 Å². The van der Waals surface area contributed by atoms with Crippen molar-refractivity contribution in [3.05, 3.63) is 76.2 Å². The predicted molar refractivity (Wildman–Crippen MR) is 119 cm³/mol. The van der Waals surface area contributed by atoms with Crippen LogP contribution in [0.25, 0.3) is 0 Å². The number of guanidine groups is 1. The van der Waals surface area contributed by atoms with Gasteiger partial charge in [0.05, 0.1) is 35.6 Å². The van der Waals surface area contributed by atoms with Gasteiger partial charge in [0.1, 0.15) is 11.6 Å². The second kappa shape index (κ2) is 9.19. The van der Waals surface area contributed by atoms with Crippen molar-refractivity contribution in [1.82, 2.24) is 10.2 Å². The van der Waals surface area contributed by atoms with Crippen LogP contribution in [-0.2, 0) is 17.5 Å². The van der Waals surface area contributed by atoms with Gasteiger partial charge in [-0.25, -0.2) is 14.4 Å². The maximum Gasteiger partial charge on any atom is 0.417 e. The van der Waals surface area contributed by atoms with Crippen LogP contribution in [0.4, 0.5) is 17.6 Å². The maximum absolute atomic E-state index is 14.1. The number of hydrogen-bond donors (Lipinski definition) is 1. The van der Waals surface area contributed by atoms with Gasteiger partial charge < -0.3 is 14.4 Å². The number of fused-ring (bicyclic) bond motifs is 2. The topological polar surface area (TPSA) is 92.6 Å². The molecule has 36 heavy (non-hydrogen) atoms. The molecule has 0 bridgehead atoms. The van der Waals surface area contributed by atoms with Gasteiger partial charge in [0, 0.05) is 30.3 Å². The predicted octanol–water partition coefficient (Wildman–Crippen LogP) is 3.68. The normalized spacial score (nSPS) is 17.1. The van der Waals surface area contributed by atoms with Gasteiger partial charge in [-0.1, -0.05) is 12.1 Å². The van der Waals surface area contributed by atoms with E-state index in [1.807, 2.05) is 0 Å². The van der Waals surface area contributed by atoms with E-state index >= 15 is 0 Å². The van der Waals surface area contributed by atoms with E-state index in [0.717, 1.165) is 18.2 Å². The van der Waals surface area contributed by atoms with Crippen molar-refractivity contribution in [3.8, 4) is 5.75 Å². The van der Waals surface area contributed by atoms with Gasteiger partial charge >= 0.3 is 6.18 Å². The van der Waals surface area contributed by atoms with E-state index in [1.54, 1.807) is 6.20 Å². The first-order chi connectivity index (χ1) is 17.2. The molecule has 12 heteroatoms. The lowest BCUT2D eigenvalue weighted by Crippen LogP contribution is -2.38. The number of carbonyl (C=O) groups excluding carboxylic acids is 2. The lowest BCUT2D eigenvalue weighted by molar-refractivity contribution is -0.137. The smallest absolute Gasteiger partial charge is 0.417 e. The Morgan fingerprint density at radius 3 is 2.72 bits per heavy atom. The third kappa shape index (κ3) is 4.59. The molecule has 3 aliphatic heterocycles. The molecule has 1 N–H and O–H groups in total. The molecule has 0 spiro atoms. The zero-order valence-corrected chi connectivity index (χ0v) is 18.6. The summed E-state index contributed by atoms with van der Waals surface area (Å²) in [5.74, 6) is -1.88. The first kappa shape index (κ1) is 23.7.